The Morgan fingerprint density at radius 3 is 2.66 bits per heavy atom. The summed E-state index contributed by atoms with van der Waals surface area (Å²) in [6, 6.07) is 19.7. The SMILES string of the molecule is CCc1cccc2c(/C=C3\SC(=O)N(CCCc4ccccc4)C3=O)cn(CC(=O)NCc3ccco3)c12. The van der Waals surface area contributed by atoms with E-state index in [2.05, 4.69) is 12.2 Å². The maximum Gasteiger partial charge on any atom is 0.293 e. The molecule has 3 amide bonds. The van der Waals surface area contributed by atoms with Gasteiger partial charge < -0.3 is 14.3 Å². The van der Waals surface area contributed by atoms with Crippen LogP contribution in [0.3, 0.4) is 0 Å². The number of nitrogens with one attached hydrogen (secondary N) is 1. The number of nitrogens with zero attached hydrogens (tertiary/aromatic N) is 2. The number of hydrogen-bond donors (Lipinski definition) is 1. The smallest absolute Gasteiger partial charge is 0.293 e. The van der Waals surface area contributed by atoms with E-state index in [1.807, 2.05) is 65.4 Å². The zero-order valence-corrected chi connectivity index (χ0v) is 22.0. The summed E-state index contributed by atoms with van der Waals surface area (Å²) in [5.41, 5.74) is 4.05. The molecule has 0 spiro atoms. The fourth-order valence-corrected chi connectivity index (χ4v) is 5.58. The number of imide groups is 1. The molecule has 0 unspecified atom stereocenters. The number of fused-ring (bicyclic) bond motifs is 1. The highest BCUT2D eigenvalue weighted by Gasteiger charge is 2.34. The highest BCUT2D eigenvalue weighted by molar-refractivity contribution is 8.18. The van der Waals surface area contributed by atoms with Gasteiger partial charge in [-0.1, -0.05) is 55.5 Å². The zero-order valence-electron chi connectivity index (χ0n) is 21.2. The van der Waals surface area contributed by atoms with Gasteiger partial charge in [-0.05, 0) is 60.4 Å². The van der Waals surface area contributed by atoms with Gasteiger partial charge in [-0.15, -0.1) is 0 Å². The third-order valence-electron chi connectivity index (χ3n) is 6.60. The zero-order chi connectivity index (χ0) is 26.5. The van der Waals surface area contributed by atoms with Crippen LogP contribution in [0.1, 0.15) is 35.8 Å². The maximum atomic E-state index is 13.1. The van der Waals surface area contributed by atoms with Crippen LogP contribution in [-0.2, 0) is 35.5 Å². The molecule has 1 saturated heterocycles. The van der Waals surface area contributed by atoms with E-state index >= 15 is 0 Å². The molecule has 7 nitrogen and oxygen atoms in total. The van der Waals surface area contributed by atoms with Gasteiger partial charge in [0.2, 0.25) is 5.91 Å². The normalized spacial score (nSPS) is 14.7. The molecule has 1 fully saturated rings. The first-order valence-electron chi connectivity index (χ1n) is 12.7. The number of hydrogen-bond acceptors (Lipinski definition) is 5. The lowest BCUT2D eigenvalue weighted by atomic mass is 10.1. The van der Waals surface area contributed by atoms with Gasteiger partial charge in [0.15, 0.2) is 0 Å². The molecule has 2 aromatic carbocycles. The largest absolute Gasteiger partial charge is 0.467 e. The molecule has 0 aliphatic carbocycles. The Hall–Kier alpha value is -4.04. The van der Waals surface area contributed by atoms with Gasteiger partial charge in [-0.3, -0.25) is 19.3 Å². The molecule has 8 heteroatoms. The van der Waals surface area contributed by atoms with Gasteiger partial charge in [0, 0.05) is 23.7 Å². The molecular weight excluding hydrogens is 498 g/mol. The summed E-state index contributed by atoms with van der Waals surface area (Å²) in [6.07, 6.45) is 7.55. The average Bonchev–Trinajstić information content (AvgIpc) is 3.64. The lowest BCUT2D eigenvalue weighted by molar-refractivity contribution is -0.123. The number of carbonyl (C=O) groups excluding carboxylic acids is 3. The number of benzene rings is 2. The molecule has 1 N–H and O–H groups in total. The van der Waals surface area contributed by atoms with Crippen molar-refractivity contribution in [2.75, 3.05) is 6.54 Å². The third-order valence-corrected chi connectivity index (χ3v) is 7.51. The Morgan fingerprint density at radius 2 is 1.89 bits per heavy atom. The van der Waals surface area contributed by atoms with Crippen LogP contribution in [0.15, 0.2) is 82.4 Å². The summed E-state index contributed by atoms with van der Waals surface area (Å²) in [7, 11) is 0. The number of furan rings is 1. The third kappa shape index (κ3) is 5.60. The molecule has 1 aliphatic heterocycles. The van der Waals surface area contributed by atoms with Crippen molar-refractivity contribution >= 4 is 45.8 Å². The van der Waals surface area contributed by atoms with Crippen molar-refractivity contribution in [3.63, 3.8) is 0 Å². The number of para-hydroxylation sites is 1. The highest BCUT2D eigenvalue weighted by atomic mass is 32.2. The molecule has 0 saturated carbocycles. The van der Waals surface area contributed by atoms with Crippen LogP contribution in [-0.4, -0.2) is 33.1 Å². The molecular formula is C30H29N3O4S. The molecule has 38 heavy (non-hydrogen) atoms. The van der Waals surface area contributed by atoms with Gasteiger partial charge in [0.25, 0.3) is 11.1 Å². The van der Waals surface area contributed by atoms with Gasteiger partial charge in [0.1, 0.15) is 12.3 Å². The number of aryl methyl sites for hydroxylation is 2. The predicted molar refractivity (Wildman–Crippen MR) is 149 cm³/mol. The number of rotatable bonds is 10. The second-order valence-corrected chi connectivity index (χ2v) is 10.2. The minimum atomic E-state index is -0.267. The first-order chi connectivity index (χ1) is 18.5. The minimum Gasteiger partial charge on any atom is -0.467 e. The van der Waals surface area contributed by atoms with E-state index in [4.69, 9.17) is 4.42 Å². The Balaban J connectivity index is 1.34. The topological polar surface area (TPSA) is 84.5 Å². The number of thioether (sulfide) groups is 1. The Kier molecular flexibility index (Phi) is 7.79. The van der Waals surface area contributed by atoms with Crippen LogP contribution >= 0.6 is 11.8 Å². The van der Waals surface area contributed by atoms with Gasteiger partial charge in [0.05, 0.1) is 23.2 Å². The first-order valence-corrected chi connectivity index (χ1v) is 13.5. The second kappa shape index (κ2) is 11.6. The van der Waals surface area contributed by atoms with Crippen molar-refractivity contribution in [2.45, 2.75) is 39.3 Å². The maximum absolute atomic E-state index is 13.1. The second-order valence-electron chi connectivity index (χ2n) is 9.16. The van der Waals surface area contributed by atoms with E-state index in [1.54, 1.807) is 18.4 Å². The van der Waals surface area contributed by atoms with E-state index in [-0.39, 0.29) is 23.6 Å². The highest BCUT2D eigenvalue weighted by Crippen LogP contribution is 2.35. The van der Waals surface area contributed by atoms with Crippen molar-refractivity contribution < 1.29 is 18.8 Å². The van der Waals surface area contributed by atoms with Crippen LogP contribution in [0, 0.1) is 0 Å². The molecule has 1 aliphatic rings. The molecule has 0 atom stereocenters. The van der Waals surface area contributed by atoms with Gasteiger partial charge >= 0.3 is 0 Å². The summed E-state index contributed by atoms with van der Waals surface area (Å²) < 4.78 is 7.22. The fraction of sp³-hybridized carbons (Fsp3) is 0.233. The molecule has 4 aromatic rings. The summed E-state index contributed by atoms with van der Waals surface area (Å²) in [6.45, 7) is 2.90. The van der Waals surface area contributed by atoms with E-state index in [9.17, 15) is 14.4 Å². The minimum absolute atomic E-state index is 0.128. The van der Waals surface area contributed by atoms with Gasteiger partial charge in [-0.25, -0.2) is 0 Å². The Morgan fingerprint density at radius 1 is 1.05 bits per heavy atom. The predicted octanol–water partition coefficient (Wildman–Crippen LogP) is 5.78. The van der Waals surface area contributed by atoms with E-state index in [1.165, 1.54) is 10.5 Å². The monoisotopic (exact) mass is 527 g/mol. The van der Waals surface area contributed by atoms with E-state index in [0.717, 1.165) is 46.6 Å². The summed E-state index contributed by atoms with van der Waals surface area (Å²) in [4.78, 5) is 40.3. The lowest BCUT2D eigenvalue weighted by Gasteiger charge is -2.12. The van der Waals surface area contributed by atoms with Crippen molar-refractivity contribution in [1.29, 1.82) is 0 Å². The molecule has 0 radical (unpaired) electrons. The molecule has 2 aromatic heterocycles. The van der Waals surface area contributed by atoms with Gasteiger partial charge in [-0.2, -0.15) is 0 Å². The standard InChI is InChI=1S/C30H29N3O4S/c1-2-22-12-6-14-25-23(19-32(28(22)25)20-27(34)31-18-24-13-8-16-37-24)17-26-29(35)33(30(36)38-26)15-7-11-21-9-4-3-5-10-21/h3-6,8-10,12-14,16-17,19H,2,7,11,15,18,20H2,1H3,(H,31,34)/b26-17-. The molecule has 5 rings (SSSR count). The quantitative estimate of drug-likeness (QED) is 0.264. The summed E-state index contributed by atoms with van der Waals surface area (Å²) in [5, 5.41) is 3.59. The average molecular weight is 528 g/mol. The van der Waals surface area contributed by atoms with Crippen LogP contribution in [0.5, 0.6) is 0 Å². The van der Waals surface area contributed by atoms with E-state index in [0.29, 0.717) is 30.2 Å². The molecule has 3 heterocycles. The number of carbonyl (C=O) groups is 3. The van der Waals surface area contributed by atoms with Crippen molar-refractivity contribution in [1.82, 2.24) is 14.8 Å². The Bertz CT molecular complexity index is 1490. The lowest BCUT2D eigenvalue weighted by Crippen LogP contribution is -2.29. The first kappa shape index (κ1) is 25.6. The van der Waals surface area contributed by atoms with Crippen LogP contribution in [0.2, 0.25) is 0 Å². The summed E-state index contributed by atoms with van der Waals surface area (Å²) >= 11 is 0.971. The van der Waals surface area contributed by atoms with E-state index < -0.39 is 0 Å². The fourth-order valence-electron chi connectivity index (χ4n) is 4.72. The molecule has 0 bridgehead atoms. The van der Waals surface area contributed by atoms with Crippen molar-refractivity contribution in [2.24, 2.45) is 0 Å². The van der Waals surface area contributed by atoms with Crippen LogP contribution in [0.25, 0.3) is 17.0 Å². The summed E-state index contributed by atoms with van der Waals surface area (Å²) in [5.74, 6) is 0.274. The van der Waals surface area contributed by atoms with Crippen molar-refractivity contribution in [3.05, 3.63) is 100 Å². The molecule has 194 valence electrons. The number of aromatic nitrogens is 1. The van der Waals surface area contributed by atoms with Crippen LogP contribution in [0.4, 0.5) is 4.79 Å². The Labute approximate surface area is 225 Å². The van der Waals surface area contributed by atoms with Crippen LogP contribution < -0.4 is 5.32 Å². The van der Waals surface area contributed by atoms with Crippen molar-refractivity contribution in [3.8, 4) is 0 Å². The number of amides is 3.